The standard InChI is InChI=1S/C11H17NO2/c12-7-9(8-13)5-6-10-3-1-2-4-11(10)14/h1-4,9,13-14H,5-8,12H2. The lowest BCUT2D eigenvalue weighted by atomic mass is 10.00. The van der Waals surface area contributed by atoms with Crippen molar-refractivity contribution >= 4 is 0 Å². The van der Waals surface area contributed by atoms with Crippen LogP contribution >= 0.6 is 0 Å². The number of aromatic hydroxyl groups is 1. The van der Waals surface area contributed by atoms with Gasteiger partial charge in [-0.3, -0.25) is 0 Å². The Balaban J connectivity index is 2.49. The molecule has 0 bridgehead atoms. The van der Waals surface area contributed by atoms with Crippen molar-refractivity contribution in [2.75, 3.05) is 13.2 Å². The second kappa shape index (κ2) is 5.62. The molecule has 0 heterocycles. The quantitative estimate of drug-likeness (QED) is 0.653. The summed E-state index contributed by atoms with van der Waals surface area (Å²) in [5, 5.41) is 18.4. The van der Waals surface area contributed by atoms with Crippen LogP contribution in [-0.4, -0.2) is 23.4 Å². The second-order valence-corrected chi connectivity index (χ2v) is 3.45. The van der Waals surface area contributed by atoms with E-state index in [4.69, 9.17) is 10.8 Å². The molecule has 1 aromatic rings. The number of benzene rings is 1. The van der Waals surface area contributed by atoms with Gasteiger partial charge in [0.05, 0.1) is 0 Å². The molecule has 0 saturated heterocycles. The zero-order chi connectivity index (χ0) is 10.4. The van der Waals surface area contributed by atoms with Crippen LogP contribution in [0.3, 0.4) is 0 Å². The lowest BCUT2D eigenvalue weighted by molar-refractivity contribution is 0.223. The monoisotopic (exact) mass is 195 g/mol. The van der Waals surface area contributed by atoms with Crippen LogP contribution in [0.5, 0.6) is 5.75 Å². The maximum atomic E-state index is 9.48. The fraction of sp³-hybridized carbons (Fsp3) is 0.455. The zero-order valence-corrected chi connectivity index (χ0v) is 8.19. The first-order valence-electron chi connectivity index (χ1n) is 4.85. The Hall–Kier alpha value is -1.06. The summed E-state index contributed by atoms with van der Waals surface area (Å²) in [5.41, 5.74) is 6.38. The van der Waals surface area contributed by atoms with Gasteiger partial charge in [-0.25, -0.2) is 0 Å². The largest absolute Gasteiger partial charge is 0.508 e. The number of para-hydroxylation sites is 1. The van der Waals surface area contributed by atoms with Gasteiger partial charge < -0.3 is 15.9 Å². The number of hydrogen-bond acceptors (Lipinski definition) is 3. The Bertz CT molecular complexity index is 272. The van der Waals surface area contributed by atoms with Crippen molar-refractivity contribution in [3.63, 3.8) is 0 Å². The van der Waals surface area contributed by atoms with Crippen LogP contribution in [0.1, 0.15) is 12.0 Å². The molecular formula is C11H17NO2. The number of rotatable bonds is 5. The van der Waals surface area contributed by atoms with Gasteiger partial charge in [-0.2, -0.15) is 0 Å². The van der Waals surface area contributed by atoms with E-state index in [0.717, 1.165) is 18.4 Å². The molecule has 1 aromatic carbocycles. The van der Waals surface area contributed by atoms with Crippen molar-refractivity contribution in [3.05, 3.63) is 29.8 Å². The van der Waals surface area contributed by atoms with E-state index in [2.05, 4.69) is 0 Å². The number of nitrogens with two attached hydrogens (primary N) is 1. The van der Waals surface area contributed by atoms with Crippen molar-refractivity contribution in [1.82, 2.24) is 0 Å². The molecule has 3 nitrogen and oxygen atoms in total. The SMILES string of the molecule is NCC(CO)CCc1ccccc1O. The summed E-state index contributed by atoms with van der Waals surface area (Å²) in [6.45, 7) is 0.605. The Morgan fingerprint density at radius 1 is 1.29 bits per heavy atom. The van der Waals surface area contributed by atoms with Crippen LogP contribution in [0.2, 0.25) is 0 Å². The highest BCUT2D eigenvalue weighted by molar-refractivity contribution is 5.31. The molecular weight excluding hydrogens is 178 g/mol. The average molecular weight is 195 g/mol. The van der Waals surface area contributed by atoms with E-state index in [9.17, 15) is 5.11 Å². The van der Waals surface area contributed by atoms with Crippen LogP contribution in [0.15, 0.2) is 24.3 Å². The fourth-order valence-corrected chi connectivity index (χ4v) is 1.37. The van der Waals surface area contributed by atoms with E-state index in [1.165, 1.54) is 0 Å². The van der Waals surface area contributed by atoms with E-state index in [1.54, 1.807) is 12.1 Å². The molecule has 4 N–H and O–H groups in total. The molecule has 0 fully saturated rings. The predicted octanol–water partition coefficient (Wildman–Crippen LogP) is 0.892. The number of aliphatic hydroxyl groups is 1. The third kappa shape index (κ3) is 3.01. The van der Waals surface area contributed by atoms with Crippen molar-refractivity contribution in [1.29, 1.82) is 0 Å². The van der Waals surface area contributed by atoms with Crippen molar-refractivity contribution in [2.45, 2.75) is 12.8 Å². The molecule has 78 valence electrons. The third-order valence-electron chi connectivity index (χ3n) is 2.41. The summed E-state index contributed by atoms with van der Waals surface area (Å²) in [4.78, 5) is 0. The molecule has 0 saturated carbocycles. The fourth-order valence-electron chi connectivity index (χ4n) is 1.37. The minimum Gasteiger partial charge on any atom is -0.508 e. The molecule has 1 unspecified atom stereocenters. The minimum atomic E-state index is 0.115. The lowest BCUT2D eigenvalue weighted by Gasteiger charge is -2.11. The molecule has 14 heavy (non-hydrogen) atoms. The first kappa shape index (κ1) is 11.0. The molecule has 1 rings (SSSR count). The van der Waals surface area contributed by atoms with E-state index < -0.39 is 0 Å². The van der Waals surface area contributed by atoms with Gasteiger partial charge in [-0.05, 0) is 36.9 Å². The van der Waals surface area contributed by atoms with Gasteiger partial charge in [0, 0.05) is 6.61 Å². The van der Waals surface area contributed by atoms with Crippen LogP contribution in [0, 0.1) is 5.92 Å². The maximum Gasteiger partial charge on any atom is 0.118 e. The van der Waals surface area contributed by atoms with Gasteiger partial charge in [0.15, 0.2) is 0 Å². The van der Waals surface area contributed by atoms with Gasteiger partial charge in [-0.1, -0.05) is 18.2 Å². The highest BCUT2D eigenvalue weighted by Gasteiger charge is 2.06. The van der Waals surface area contributed by atoms with Gasteiger partial charge in [0.1, 0.15) is 5.75 Å². The summed E-state index contributed by atoms with van der Waals surface area (Å²) in [5.74, 6) is 0.454. The first-order valence-corrected chi connectivity index (χ1v) is 4.85. The molecule has 0 aromatic heterocycles. The topological polar surface area (TPSA) is 66.5 Å². The summed E-state index contributed by atoms with van der Waals surface area (Å²) >= 11 is 0. The molecule has 0 aliphatic rings. The Kier molecular flexibility index (Phi) is 4.43. The van der Waals surface area contributed by atoms with Crippen molar-refractivity contribution in [3.8, 4) is 5.75 Å². The normalized spacial score (nSPS) is 12.7. The van der Waals surface area contributed by atoms with Crippen LogP contribution in [0.25, 0.3) is 0 Å². The Morgan fingerprint density at radius 3 is 2.57 bits per heavy atom. The smallest absolute Gasteiger partial charge is 0.118 e. The molecule has 0 aliphatic carbocycles. The molecule has 0 spiro atoms. The Morgan fingerprint density at radius 2 is 2.00 bits per heavy atom. The van der Waals surface area contributed by atoms with Crippen LogP contribution < -0.4 is 5.73 Å². The molecule has 0 amide bonds. The van der Waals surface area contributed by atoms with Crippen LogP contribution in [0.4, 0.5) is 0 Å². The van der Waals surface area contributed by atoms with Crippen molar-refractivity contribution < 1.29 is 10.2 Å². The van der Waals surface area contributed by atoms with Gasteiger partial charge in [-0.15, -0.1) is 0 Å². The van der Waals surface area contributed by atoms with E-state index in [-0.39, 0.29) is 12.5 Å². The number of phenolic OH excluding ortho intramolecular Hbond substituents is 1. The first-order chi connectivity index (χ1) is 6.77. The molecule has 0 aliphatic heterocycles. The van der Waals surface area contributed by atoms with E-state index in [0.29, 0.717) is 12.3 Å². The average Bonchev–Trinajstić information content (AvgIpc) is 2.22. The third-order valence-corrected chi connectivity index (χ3v) is 2.41. The number of aliphatic hydroxyl groups excluding tert-OH is 1. The summed E-state index contributed by atoms with van der Waals surface area (Å²) < 4.78 is 0. The van der Waals surface area contributed by atoms with E-state index in [1.807, 2.05) is 12.1 Å². The molecule has 0 radical (unpaired) electrons. The zero-order valence-electron chi connectivity index (χ0n) is 8.19. The van der Waals surface area contributed by atoms with Crippen molar-refractivity contribution in [2.24, 2.45) is 11.7 Å². The highest BCUT2D eigenvalue weighted by Crippen LogP contribution is 2.18. The lowest BCUT2D eigenvalue weighted by Crippen LogP contribution is -2.18. The maximum absolute atomic E-state index is 9.48. The van der Waals surface area contributed by atoms with E-state index >= 15 is 0 Å². The summed E-state index contributed by atoms with van der Waals surface area (Å²) in [7, 11) is 0. The number of hydrogen-bond donors (Lipinski definition) is 3. The Labute approximate surface area is 84.2 Å². The van der Waals surface area contributed by atoms with Gasteiger partial charge in [0.2, 0.25) is 0 Å². The molecule has 3 heteroatoms. The number of phenols is 1. The number of aryl methyl sites for hydroxylation is 1. The second-order valence-electron chi connectivity index (χ2n) is 3.45. The highest BCUT2D eigenvalue weighted by atomic mass is 16.3. The molecule has 1 atom stereocenters. The van der Waals surface area contributed by atoms with Gasteiger partial charge >= 0.3 is 0 Å². The summed E-state index contributed by atoms with van der Waals surface area (Å²) in [6.07, 6.45) is 1.57. The predicted molar refractivity (Wildman–Crippen MR) is 56.1 cm³/mol. The van der Waals surface area contributed by atoms with Gasteiger partial charge in [0.25, 0.3) is 0 Å². The van der Waals surface area contributed by atoms with Crippen LogP contribution in [-0.2, 0) is 6.42 Å². The minimum absolute atomic E-state index is 0.115. The summed E-state index contributed by atoms with van der Waals surface area (Å²) in [6, 6.07) is 7.25.